The van der Waals surface area contributed by atoms with E-state index in [1.165, 1.54) is 0 Å². The van der Waals surface area contributed by atoms with Gasteiger partial charge in [0, 0.05) is 17.0 Å². The van der Waals surface area contributed by atoms with Crippen molar-refractivity contribution >= 4 is 17.7 Å². The van der Waals surface area contributed by atoms with Crippen molar-refractivity contribution in [2.24, 2.45) is 0 Å². The average molecular weight is 408 g/mol. The van der Waals surface area contributed by atoms with Gasteiger partial charge in [0.05, 0.1) is 0 Å². The summed E-state index contributed by atoms with van der Waals surface area (Å²) in [5.41, 5.74) is -0.491. The van der Waals surface area contributed by atoms with Crippen molar-refractivity contribution in [3.63, 3.8) is 0 Å². The summed E-state index contributed by atoms with van der Waals surface area (Å²) in [6, 6.07) is 7.22. The molecule has 3 rings (SSSR count). The number of rotatable bonds is 5. The average Bonchev–Trinajstić information content (AvgIpc) is 3.09. The van der Waals surface area contributed by atoms with Crippen LogP contribution in [0.3, 0.4) is 0 Å². The van der Waals surface area contributed by atoms with E-state index in [4.69, 9.17) is 25.5 Å². The van der Waals surface area contributed by atoms with Crippen LogP contribution in [0.2, 0.25) is 5.02 Å². The molecule has 1 saturated carbocycles. The van der Waals surface area contributed by atoms with Crippen LogP contribution in [0.25, 0.3) is 0 Å². The van der Waals surface area contributed by atoms with E-state index in [1.807, 2.05) is 20.8 Å². The zero-order valence-electron chi connectivity index (χ0n) is 16.4. The second-order valence-electron chi connectivity index (χ2n) is 7.97. The maximum absolute atomic E-state index is 11.9. The first kappa shape index (κ1) is 20.5. The van der Waals surface area contributed by atoms with Crippen LogP contribution in [0.4, 0.5) is 4.79 Å². The lowest BCUT2D eigenvalue weighted by atomic mass is 9.86. The molecule has 1 heterocycles. The number of nitrogens with one attached hydrogen (secondary N) is 1. The van der Waals surface area contributed by atoms with Gasteiger partial charge in [0.1, 0.15) is 11.4 Å². The molecule has 1 N–H and O–H groups in total. The maximum atomic E-state index is 11.9. The number of carbonyl (C=O) groups excluding carboxylic acids is 1. The lowest BCUT2D eigenvalue weighted by Gasteiger charge is -2.28. The first-order valence-corrected chi connectivity index (χ1v) is 9.86. The van der Waals surface area contributed by atoms with Gasteiger partial charge in [-0.2, -0.15) is 0 Å². The molecular weight excluding hydrogens is 382 g/mol. The minimum absolute atomic E-state index is 0.113. The Labute approximate surface area is 169 Å². The molecule has 1 fully saturated rings. The van der Waals surface area contributed by atoms with Crippen molar-refractivity contribution < 1.29 is 18.7 Å². The van der Waals surface area contributed by atoms with Gasteiger partial charge in [0.2, 0.25) is 5.89 Å². The molecular formula is C20H26ClN3O4. The lowest BCUT2D eigenvalue weighted by Crippen LogP contribution is -2.40. The summed E-state index contributed by atoms with van der Waals surface area (Å²) in [6.45, 7) is 5.78. The molecule has 7 nitrogen and oxygen atoms in total. The minimum atomic E-state index is -0.491. The first-order chi connectivity index (χ1) is 13.3. The standard InChI is InChI=1S/C20H26ClN3O4/c1-20(2,3)28-19(25)22-15-8-4-13(5-9-15)18-24-23-17(27-18)12-26-16-10-6-14(21)7-11-16/h6-7,10-11,13,15H,4-5,8-9,12H2,1-3H3,(H,22,25)/t13-,15-. The molecule has 0 bridgehead atoms. The van der Waals surface area contributed by atoms with Gasteiger partial charge in [0.25, 0.3) is 5.89 Å². The number of hydrogen-bond acceptors (Lipinski definition) is 6. The summed E-state index contributed by atoms with van der Waals surface area (Å²) >= 11 is 5.86. The lowest BCUT2D eigenvalue weighted by molar-refractivity contribution is 0.0490. The van der Waals surface area contributed by atoms with Gasteiger partial charge < -0.3 is 19.2 Å². The van der Waals surface area contributed by atoms with E-state index in [2.05, 4.69) is 15.5 Å². The van der Waals surface area contributed by atoms with Gasteiger partial charge in [0.15, 0.2) is 6.61 Å². The van der Waals surface area contributed by atoms with Crippen LogP contribution < -0.4 is 10.1 Å². The molecule has 2 aromatic rings. The van der Waals surface area contributed by atoms with E-state index in [-0.39, 0.29) is 24.7 Å². The number of nitrogens with zero attached hydrogens (tertiary/aromatic N) is 2. The smallest absolute Gasteiger partial charge is 0.407 e. The molecule has 0 radical (unpaired) electrons. The van der Waals surface area contributed by atoms with Crippen LogP contribution in [-0.2, 0) is 11.3 Å². The minimum Gasteiger partial charge on any atom is -0.484 e. The fraction of sp³-hybridized carbons (Fsp3) is 0.550. The van der Waals surface area contributed by atoms with Crippen LogP contribution in [0.5, 0.6) is 5.75 Å². The molecule has 0 unspecified atom stereocenters. The summed E-state index contributed by atoms with van der Waals surface area (Å²) in [5, 5.41) is 11.8. The molecule has 0 saturated heterocycles. The topological polar surface area (TPSA) is 86.5 Å². The number of benzene rings is 1. The highest BCUT2D eigenvalue weighted by Gasteiger charge is 2.28. The number of hydrogen-bond donors (Lipinski definition) is 1. The monoisotopic (exact) mass is 407 g/mol. The molecule has 8 heteroatoms. The van der Waals surface area contributed by atoms with Gasteiger partial charge in [-0.05, 0) is 70.7 Å². The van der Waals surface area contributed by atoms with Crippen molar-refractivity contribution in [3.8, 4) is 5.75 Å². The van der Waals surface area contributed by atoms with Crippen LogP contribution in [0.15, 0.2) is 28.7 Å². The molecule has 0 spiro atoms. The number of alkyl carbamates (subject to hydrolysis) is 1. The second kappa shape index (κ2) is 8.82. The van der Waals surface area contributed by atoms with Crippen LogP contribution in [0.1, 0.15) is 64.2 Å². The molecule has 0 atom stereocenters. The van der Waals surface area contributed by atoms with E-state index in [1.54, 1.807) is 24.3 Å². The largest absolute Gasteiger partial charge is 0.484 e. The third-order valence-electron chi connectivity index (χ3n) is 4.46. The molecule has 1 aliphatic carbocycles. The van der Waals surface area contributed by atoms with Gasteiger partial charge in [-0.25, -0.2) is 4.79 Å². The molecule has 1 amide bonds. The summed E-state index contributed by atoms with van der Waals surface area (Å²) in [6.07, 6.45) is 3.09. The first-order valence-electron chi connectivity index (χ1n) is 9.48. The van der Waals surface area contributed by atoms with Crippen molar-refractivity contribution in [1.29, 1.82) is 0 Å². The van der Waals surface area contributed by atoms with E-state index >= 15 is 0 Å². The predicted octanol–water partition coefficient (Wildman–Crippen LogP) is 4.85. The van der Waals surface area contributed by atoms with Crippen molar-refractivity contribution in [3.05, 3.63) is 41.1 Å². The predicted molar refractivity (Wildman–Crippen MR) is 104 cm³/mol. The Morgan fingerprint density at radius 3 is 2.50 bits per heavy atom. The zero-order valence-corrected chi connectivity index (χ0v) is 17.2. The summed E-state index contributed by atoms with van der Waals surface area (Å²) in [5.74, 6) is 1.97. The molecule has 1 aliphatic rings. The van der Waals surface area contributed by atoms with E-state index in [0.717, 1.165) is 25.7 Å². The van der Waals surface area contributed by atoms with Gasteiger partial charge in [-0.1, -0.05) is 11.6 Å². The summed E-state index contributed by atoms with van der Waals surface area (Å²) < 4.78 is 16.7. The van der Waals surface area contributed by atoms with Gasteiger partial charge >= 0.3 is 6.09 Å². The Balaban J connectivity index is 1.45. The fourth-order valence-corrected chi connectivity index (χ4v) is 3.25. The number of ether oxygens (including phenoxy) is 2. The van der Waals surface area contributed by atoms with Crippen LogP contribution in [0, 0.1) is 0 Å². The summed E-state index contributed by atoms with van der Waals surface area (Å²) in [7, 11) is 0. The molecule has 1 aromatic heterocycles. The van der Waals surface area contributed by atoms with Crippen molar-refractivity contribution in [2.75, 3.05) is 0 Å². The Kier molecular flexibility index (Phi) is 6.44. The Morgan fingerprint density at radius 1 is 1.18 bits per heavy atom. The molecule has 1 aromatic carbocycles. The van der Waals surface area contributed by atoms with E-state index < -0.39 is 5.60 Å². The third kappa shape index (κ3) is 6.12. The zero-order chi connectivity index (χ0) is 20.1. The normalized spacial score (nSPS) is 19.9. The van der Waals surface area contributed by atoms with Gasteiger partial charge in [-0.3, -0.25) is 0 Å². The Hall–Kier alpha value is -2.28. The second-order valence-corrected chi connectivity index (χ2v) is 8.41. The van der Waals surface area contributed by atoms with Crippen LogP contribution in [-0.4, -0.2) is 27.9 Å². The maximum Gasteiger partial charge on any atom is 0.407 e. The number of aromatic nitrogens is 2. The van der Waals surface area contributed by atoms with Crippen LogP contribution >= 0.6 is 11.6 Å². The highest BCUT2D eigenvalue weighted by molar-refractivity contribution is 6.30. The van der Waals surface area contributed by atoms with E-state index in [0.29, 0.717) is 22.6 Å². The molecule has 152 valence electrons. The van der Waals surface area contributed by atoms with E-state index in [9.17, 15) is 4.79 Å². The Bertz CT molecular complexity index is 777. The molecule has 0 aliphatic heterocycles. The highest BCUT2D eigenvalue weighted by Crippen LogP contribution is 2.32. The molecule has 28 heavy (non-hydrogen) atoms. The highest BCUT2D eigenvalue weighted by atomic mass is 35.5. The summed E-state index contributed by atoms with van der Waals surface area (Å²) in [4.78, 5) is 11.9. The number of amides is 1. The van der Waals surface area contributed by atoms with Gasteiger partial charge in [-0.15, -0.1) is 10.2 Å². The quantitative estimate of drug-likeness (QED) is 0.762. The van der Waals surface area contributed by atoms with Crippen molar-refractivity contribution in [2.45, 2.75) is 70.6 Å². The number of carbonyl (C=O) groups is 1. The van der Waals surface area contributed by atoms with Crippen molar-refractivity contribution in [1.82, 2.24) is 15.5 Å². The number of halogens is 1. The fourth-order valence-electron chi connectivity index (χ4n) is 3.12. The SMILES string of the molecule is CC(C)(C)OC(=O)N[C@H]1CC[C@H](c2nnc(COc3ccc(Cl)cc3)o2)CC1. The Morgan fingerprint density at radius 2 is 1.86 bits per heavy atom. The third-order valence-corrected chi connectivity index (χ3v) is 4.71.